The Morgan fingerprint density at radius 1 is 1.18 bits per heavy atom. The van der Waals surface area contributed by atoms with Crippen LogP contribution in [0.1, 0.15) is 33.6 Å². The highest BCUT2D eigenvalue weighted by molar-refractivity contribution is 6.73. The second kappa shape index (κ2) is 9.42. The van der Waals surface area contributed by atoms with Gasteiger partial charge in [-0.3, -0.25) is 0 Å². The number of carbonyl (C=O) groups excluding carboxylic acids is 1. The summed E-state index contributed by atoms with van der Waals surface area (Å²) in [6, 6.07) is 3.21. The van der Waals surface area contributed by atoms with Crippen LogP contribution in [-0.2, 0) is 14.0 Å². The number of carbonyl (C=O) groups is 1. The molecule has 0 saturated heterocycles. The molecule has 0 aliphatic heterocycles. The predicted octanol–water partition coefficient (Wildman–Crippen LogP) is 3.52. The van der Waals surface area contributed by atoms with Gasteiger partial charge in [-0.25, -0.2) is 4.79 Å². The van der Waals surface area contributed by atoms with Crippen LogP contribution in [0.2, 0.25) is 18.1 Å². The van der Waals surface area contributed by atoms with Crippen LogP contribution in [0.5, 0.6) is 0 Å². The molecule has 17 heavy (non-hydrogen) atoms. The van der Waals surface area contributed by atoms with E-state index in [2.05, 4.69) is 20.4 Å². The summed E-state index contributed by atoms with van der Waals surface area (Å²) in [7, 11) is -1.69. The van der Waals surface area contributed by atoms with Crippen LogP contribution >= 0.6 is 0 Å². The van der Waals surface area contributed by atoms with E-state index in [1.165, 1.54) is 6.08 Å². The van der Waals surface area contributed by atoms with Crippen molar-refractivity contribution in [2.75, 3.05) is 13.2 Å². The van der Waals surface area contributed by atoms with Crippen LogP contribution in [0.3, 0.4) is 0 Å². The van der Waals surface area contributed by atoms with E-state index in [4.69, 9.17) is 9.16 Å². The van der Waals surface area contributed by atoms with Crippen molar-refractivity contribution >= 4 is 14.3 Å². The summed E-state index contributed by atoms with van der Waals surface area (Å²) in [4.78, 5) is 11.0. The standard InChI is InChI=1S/C13H26O3Si/c1-5-10-17(11-6-2,16-8-4)12-9-15-13(14)7-3/h7H,3,5-6,8-12H2,1-2,4H3. The number of hydrogen-bond donors (Lipinski definition) is 0. The second-order valence-electron chi connectivity index (χ2n) is 4.24. The van der Waals surface area contributed by atoms with E-state index in [-0.39, 0.29) is 5.97 Å². The van der Waals surface area contributed by atoms with Gasteiger partial charge in [-0.1, -0.05) is 33.3 Å². The Hall–Kier alpha value is -0.613. The zero-order valence-corrected chi connectivity index (χ0v) is 12.5. The molecule has 3 nitrogen and oxygen atoms in total. The van der Waals surface area contributed by atoms with Gasteiger partial charge in [0.05, 0.1) is 6.61 Å². The molecular formula is C13H26O3Si. The molecule has 0 bridgehead atoms. The molecule has 0 fully saturated rings. The summed E-state index contributed by atoms with van der Waals surface area (Å²) in [5.74, 6) is -0.336. The molecule has 0 unspecified atom stereocenters. The Balaban J connectivity index is 4.32. The zero-order chi connectivity index (χ0) is 13.1. The minimum Gasteiger partial charge on any atom is -0.463 e. The largest absolute Gasteiger partial charge is 0.463 e. The molecule has 0 atom stereocenters. The number of hydrogen-bond acceptors (Lipinski definition) is 3. The van der Waals surface area contributed by atoms with Crippen LogP contribution in [0, 0.1) is 0 Å². The topological polar surface area (TPSA) is 35.5 Å². The first-order valence-electron chi connectivity index (χ1n) is 6.57. The molecule has 0 aromatic rings. The SMILES string of the molecule is C=CC(=O)OCC[Si](CCC)(CCC)OCC. The molecule has 0 aliphatic rings. The van der Waals surface area contributed by atoms with Crippen molar-refractivity contribution < 1.29 is 14.0 Å². The van der Waals surface area contributed by atoms with Crippen molar-refractivity contribution in [3.05, 3.63) is 12.7 Å². The van der Waals surface area contributed by atoms with Gasteiger partial charge in [0.1, 0.15) is 0 Å². The van der Waals surface area contributed by atoms with Crippen molar-refractivity contribution in [2.45, 2.75) is 51.7 Å². The maximum Gasteiger partial charge on any atom is 0.330 e. The van der Waals surface area contributed by atoms with Gasteiger partial charge in [-0.2, -0.15) is 0 Å². The molecule has 0 rings (SSSR count). The van der Waals surface area contributed by atoms with Crippen molar-refractivity contribution in [3.63, 3.8) is 0 Å². The van der Waals surface area contributed by atoms with Crippen molar-refractivity contribution in [1.29, 1.82) is 0 Å². The van der Waals surface area contributed by atoms with Crippen LogP contribution in [0.15, 0.2) is 12.7 Å². The van der Waals surface area contributed by atoms with Gasteiger partial charge in [-0.15, -0.1) is 0 Å². The summed E-state index contributed by atoms with van der Waals surface area (Å²) in [6.07, 6.45) is 3.49. The van der Waals surface area contributed by atoms with E-state index < -0.39 is 8.32 Å². The lowest BCUT2D eigenvalue weighted by atomic mass is 10.6. The van der Waals surface area contributed by atoms with Crippen molar-refractivity contribution in [3.8, 4) is 0 Å². The Kier molecular flexibility index (Phi) is 9.08. The Labute approximate surface area is 106 Å². The molecule has 0 N–H and O–H groups in total. The summed E-state index contributed by atoms with van der Waals surface area (Å²) in [6.45, 7) is 11.0. The van der Waals surface area contributed by atoms with Gasteiger partial charge >= 0.3 is 5.97 Å². The number of ether oxygens (including phenoxy) is 1. The van der Waals surface area contributed by atoms with Gasteiger partial charge < -0.3 is 9.16 Å². The molecular weight excluding hydrogens is 232 g/mol. The van der Waals surface area contributed by atoms with E-state index in [0.717, 1.165) is 37.6 Å². The fraction of sp³-hybridized carbons (Fsp3) is 0.769. The maximum atomic E-state index is 11.0. The molecule has 0 aromatic heterocycles. The van der Waals surface area contributed by atoms with Gasteiger partial charge in [0.2, 0.25) is 0 Å². The van der Waals surface area contributed by atoms with Crippen LogP contribution in [0.25, 0.3) is 0 Å². The summed E-state index contributed by atoms with van der Waals surface area (Å²) < 4.78 is 11.1. The molecule has 0 aliphatic carbocycles. The lowest BCUT2D eigenvalue weighted by Crippen LogP contribution is -2.39. The summed E-state index contributed by atoms with van der Waals surface area (Å²) in [5.41, 5.74) is 0. The van der Waals surface area contributed by atoms with Crippen molar-refractivity contribution in [1.82, 2.24) is 0 Å². The van der Waals surface area contributed by atoms with Crippen LogP contribution in [0.4, 0.5) is 0 Å². The molecule has 0 saturated carbocycles. The molecule has 0 spiro atoms. The smallest absolute Gasteiger partial charge is 0.330 e. The van der Waals surface area contributed by atoms with E-state index in [1.54, 1.807) is 0 Å². The van der Waals surface area contributed by atoms with Gasteiger partial charge in [0.15, 0.2) is 8.32 Å². The average Bonchev–Trinajstić information content (AvgIpc) is 2.30. The average molecular weight is 258 g/mol. The molecule has 4 heteroatoms. The monoisotopic (exact) mass is 258 g/mol. The molecule has 0 radical (unpaired) electrons. The molecule has 0 amide bonds. The second-order valence-corrected chi connectivity index (χ2v) is 8.39. The fourth-order valence-electron chi connectivity index (χ4n) is 2.21. The van der Waals surface area contributed by atoms with Gasteiger partial charge in [0, 0.05) is 18.7 Å². The third kappa shape index (κ3) is 6.63. The minimum absolute atomic E-state index is 0.336. The van der Waals surface area contributed by atoms with Gasteiger partial charge in [0.25, 0.3) is 0 Å². The van der Waals surface area contributed by atoms with Gasteiger partial charge in [-0.05, 0) is 19.0 Å². The number of esters is 1. The highest BCUT2D eigenvalue weighted by atomic mass is 28.4. The number of rotatable bonds is 10. The normalized spacial score (nSPS) is 11.2. The van der Waals surface area contributed by atoms with Crippen molar-refractivity contribution in [2.24, 2.45) is 0 Å². The van der Waals surface area contributed by atoms with Crippen LogP contribution in [-0.4, -0.2) is 27.5 Å². The zero-order valence-electron chi connectivity index (χ0n) is 11.5. The lowest BCUT2D eigenvalue weighted by molar-refractivity contribution is -0.137. The first kappa shape index (κ1) is 16.4. The van der Waals surface area contributed by atoms with E-state index in [0.29, 0.717) is 6.61 Å². The molecule has 0 aromatic carbocycles. The Bertz CT molecular complexity index is 212. The molecule has 0 heterocycles. The summed E-state index contributed by atoms with van der Waals surface area (Å²) in [5, 5.41) is 0. The summed E-state index contributed by atoms with van der Waals surface area (Å²) >= 11 is 0. The van der Waals surface area contributed by atoms with E-state index in [9.17, 15) is 4.79 Å². The Morgan fingerprint density at radius 3 is 2.18 bits per heavy atom. The fourth-order valence-corrected chi connectivity index (χ4v) is 6.30. The third-order valence-electron chi connectivity index (χ3n) is 2.83. The predicted molar refractivity (Wildman–Crippen MR) is 73.5 cm³/mol. The highest BCUT2D eigenvalue weighted by Crippen LogP contribution is 2.26. The van der Waals surface area contributed by atoms with E-state index >= 15 is 0 Å². The quantitative estimate of drug-likeness (QED) is 0.342. The molecule has 100 valence electrons. The first-order chi connectivity index (χ1) is 8.14. The minimum atomic E-state index is -1.69. The van der Waals surface area contributed by atoms with E-state index in [1.807, 2.05) is 6.92 Å². The Morgan fingerprint density at radius 2 is 1.76 bits per heavy atom. The highest BCUT2D eigenvalue weighted by Gasteiger charge is 2.32. The first-order valence-corrected chi connectivity index (χ1v) is 9.10. The third-order valence-corrected chi connectivity index (χ3v) is 7.67. The maximum absolute atomic E-state index is 11.0. The van der Waals surface area contributed by atoms with Crippen LogP contribution < -0.4 is 0 Å². The lowest BCUT2D eigenvalue weighted by Gasteiger charge is -2.30.